The summed E-state index contributed by atoms with van der Waals surface area (Å²) in [6, 6.07) is 13.6. The molecule has 0 aliphatic heterocycles. The van der Waals surface area contributed by atoms with Crippen LogP contribution < -0.4 is 15.8 Å². The number of likely N-dealkylation sites (N-methyl/N-ethyl adjacent to an activating group) is 1. The number of amides is 1. The summed E-state index contributed by atoms with van der Waals surface area (Å²) in [7, 11) is 0. The number of anilines is 1. The Kier molecular flexibility index (Phi) is 5.80. The first kappa shape index (κ1) is 16.6. The van der Waals surface area contributed by atoms with E-state index in [1.165, 1.54) is 11.6 Å². The number of carbonyl (C=O) groups excluding carboxylic acids is 1. The average molecular weight is 310 g/mol. The van der Waals surface area contributed by atoms with Gasteiger partial charge in [0.2, 0.25) is 5.91 Å². The fourth-order valence-corrected chi connectivity index (χ4v) is 2.17. The van der Waals surface area contributed by atoms with Crippen molar-refractivity contribution in [3.8, 4) is 5.75 Å². The molecular formula is C19H22N2O2. The van der Waals surface area contributed by atoms with E-state index in [1.807, 2.05) is 44.2 Å². The second kappa shape index (κ2) is 8.03. The normalized spacial score (nSPS) is 10.7. The first-order valence-corrected chi connectivity index (χ1v) is 7.62. The minimum Gasteiger partial charge on any atom is -0.487 e. The van der Waals surface area contributed by atoms with Crippen LogP contribution in [0.5, 0.6) is 5.75 Å². The molecule has 3 N–H and O–H groups in total. The van der Waals surface area contributed by atoms with Gasteiger partial charge >= 0.3 is 0 Å². The second-order valence-corrected chi connectivity index (χ2v) is 5.30. The Balaban J connectivity index is 2.00. The van der Waals surface area contributed by atoms with Gasteiger partial charge in [-0.15, -0.1) is 0 Å². The first-order valence-electron chi connectivity index (χ1n) is 7.62. The molecule has 0 aliphatic carbocycles. The fraction of sp³-hybridized carbons (Fsp3) is 0.211. The number of benzene rings is 2. The van der Waals surface area contributed by atoms with Gasteiger partial charge in [0.1, 0.15) is 12.4 Å². The summed E-state index contributed by atoms with van der Waals surface area (Å²) in [6.07, 6.45) is 3.22. The van der Waals surface area contributed by atoms with E-state index in [0.29, 0.717) is 24.6 Å². The zero-order chi connectivity index (χ0) is 16.7. The molecule has 0 saturated carbocycles. The van der Waals surface area contributed by atoms with Gasteiger partial charge < -0.3 is 15.8 Å². The van der Waals surface area contributed by atoms with Gasteiger partial charge in [-0.2, -0.15) is 0 Å². The highest BCUT2D eigenvalue weighted by Crippen LogP contribution is 2.24. The van der Waals surface area contributed by atoms with Gasteiger partial charge in [0.25, 0.3) is 0 Å². The van der Waals surface area contributed by atoms with Gasteiger partial charge in [0, 0.05) is 12.6 Å². The highest BCUT2D eigenvalue weighted by Gasteiger charge is 2.02. The van der Waals surface area contributed by atoms with Crippen LogP contribution in [0.25, 0.3) is 6.08 Å². The summed E-state index contributed by atoms with van der Waals surface area (Å²) in [4.78, 5) is 11.4. The molecule has 4 nitrogen and oxygen atoms in total. The molecule has 0 heterocycles. The molecule has 0 bridgehead atoms. The zero-order valence-corrected chi connectivity index (χ0v) is 13.5. The SMILES string of the molecule is CCNC(=O)/C=C\c1ccc(OCc2cccc(C)c2)c(N)c1. The van der Waals surface area contributed by atoms with Gasteiger partial charge in [-0.1, -0.05) is 35.9 Å². The summed E-state index contributed by atoms with van der Waals surface area (Å²) < 4.78 is 5.77. The number of aryl methyl sites for hydroxylation is 1. The van der Waals surface area contributed by atoms with Crippen LogP contribution in [0.3, 0.4) is 0 Å². The lowest BCUT2D eigenvalue weighted by Gasteiger charge is -2.10. The third-order valence-electron chi connectivity index (χ3n) is 3.29. The summed E-state index contributed by atoms with van der Waals surface area (Å²) in [6.45, 7) is 5.01. The van der Waals surface area contributed by atoms with Crippen LogP contribution in [-0.2, 0) is 11.4 Å². The number of hydrogen-bond donors (Lipinski definition) is 2. The monoisotopic (exact) mass is 310 g/mol. The molecule has 0 aliphatic rings. The van der Waals surface area contributed by atoms with E-state index in [1.54, 1.807) is 12.1 Å². The topological polar surface area (TPSA) is 64.3 Å². The Morgan fingerprint density at radius 1 is 1.26 bits per heavy atom. The van der Waals surface area contributed by atoms with Gasteiger partial charge in [0.15, 0.2) is 0 Å². The number of nitrogens with two attached hydrogens (primary N) is 1. The Labute approximate surface area is 137 Å². The Bertz CT molecular complexity index is 708. The second-order valence-electron chi connectivity index (χ2n) is 5.30. The molecule has 0 aromatic heterocycles. The highest BCUT2D eigenvalue weighted by atomic mass is 16.5. The minimum atomic E-state index is -0.120. The Morgan fingerprint density at radius 2 is 2.09 bits per heavy atom. The van der Waals surface area contributed by atoms with E-state index in [-0.39, 0.29) is 5.91 Å². The van der Waals surface area contributed by atoms with Gasteiger partial charge in [-0.25, -0.2) is 0 Å². The lowest BCUT2D eigenvalue weighted by Crippen LogP contribution is -2.19. The van der Waals surface area contributed by atoms with Crippen molar-refractivity contribution in [2.24, 2.45) is 0 Å². The average Bonchev–Trinajstić information content (AvgIpc) is 2.52. The van der Waals surface area contributed by atoms with Crippen molar-refractivity contribution >= 4 is 17.7 Å². The molecular weight excluding hydrogens is 288 g/mol. The van der Waals surface area contributed by atoms with Crippen molar-refractivity contribution in [3.63, 3.8) is 0 Å². The van der Waals surface area contributed by atoms with E-state index in [9.17, 15) is 4.79 Å². The predicted octanol–water partition coefficient (Wildman–Crippen LogP) is 3.31. The summed E-state index contributed by atoms with van der Waals surface area (Å²) in [5.74, 6) is 0.521. The predicted molar refractivity (Wildman–Crippen MR) is 94.1 cm³/mol. The molecule has 1 amide bonds. The number of nitrogens with one attached hydrogen (secondary N) is 1. The van der Waals surface area contributed by atoms with E-state index in [2.05, 4.69) is 11.4 Å². The van der Waals surface area contributed by atoms with Gasteiger partial charge in [-0.3, -0.25) is 4.79 Å². The van der Waals surface area contributed by atoms with Gasteiger partial charge in [0.05, 0.1) is 5.69 Å². The zero-order valence-electron chi connectivity index (χ0n) is 13.5. The van der Waals surface area contributed by atoms with Crippen molar-refractivity contribution in [1.82, 2.24) is 5.32 Å². The van der Waals surface area contributed by atoms with Crippen LogP contribution in [-0.4, -0.2) is 12.5 Å². The van der Waals surface area contributed by atoms with Crippen LogP contribution >= 0.6 is 0 Å². The molecule has 120 valence electrons. The van der Waals surface area contributed by atoms with E-state index >= 15 is 0 Å². The first-order chi connectivity index (χ1) is 11.1. The molecule has 2 rings (SSSR count). The van der Waals surface area contributed by atoms with Crippen LogP contribution in [0.1, 0.15) is 23.6 Å². The summed E-state index contributed by atoms with van der Waals surface area (Å²) in [5, 5.41) is 2.70. The maximum absolute atomic E-state index is 11.4. The van der Waals surface area contributed by atoms with Crippen molar-refractivity contribution in [2.75, 3.05) is 12.3 Å². The lowest BCUT2D eigenvalue weighted by molar-refractivity contribution is -0.116. The number of rotatable bonds is 6. The molecule has 0 unspecified atom stereocenters. The van der Waals surface area contributed by atoms with E-state index in [4.69, 9.17) is 10.5 Å². The molecule has 23 heavy (non-hydrogen) atoms. The van der Waals surface area contributed by atoms with E-state index < -0.39 is 0 Å². The maximum Gasteiger partial charge on any atom is 0.243 e. The smallest absolute Gasteiger partial charge is 0.243 e. The quantitative estimate of drug-likeness (QED) is 0.635. The highest BCUT2D eigenvalue weighted by molar-refractivity contribution is 5.91. The molecule has 0 radical (unpaired) electrons. The number of ether oxygens (including phenoxy) is 1. The largest absolute Gasteiger partial charge is 0.487 e. The summed E-state index contributed by atoms with van der Waals surface area (Å²) in [5.41, 5.74) is 9.73. The van der Waals surface area contributed by atoms with Crippen molar-refractivity contribution in [3.05, 3.63) is 65.2 Å². The molecule has 0 atom stereocenters. The standard InChI is InChI=1S/C19H22N2O2/c1-3-21-19(22)10-8-15-7-9-18(17(20)12-15)23-13-16-6-4-5-14(2)11-16/h4-12H,3,13,20H2,1-2H3,(H,21,22)/b10-8-. The molecule has 0 spiro atoms. The molecule has 0 fully saturated rings. The van der Waals surface area contributed by atoms with Crippen LogP contribution in [0, 0.1) is 6.92 Å². The van der Waals surface area contributed by atoms with Gasteiger partial charge in [-0.05, 0) is 43.2 Å². The van der Waals surface area contributed by atoms with E-state index in [0.717, 1.165) is 11.1 Å². The fourth-order valence-electron chi connectivity index (χ4n) is 2.17. The third kappa shape index (κ3) is 5.18. The minimum absolute atomic E-state index is 0.120. The number of nitrogen functional groups attached to an aromatic ring is 1. The lowest BCUT2D eigenvalue weighted by atomic mass is 10.1. The van der Waals surface area contributed by atoms with Crippen molar-refractivity contribution < 1.29 is 9.53 Å². The molecule has 2 aromatic rings. The van der Waals surface area contributed by atoms with Crippen LogP contribution in [0.15, 0.2) is 48.5 Å². The number of hydrogen-bond acceptors (Lipinski definition) is 3. The Hall–Kier alpha value is -2.75. The molecule has 4 heteroatoms. The molecule has 0 saturated heterocycles. The third-order valence-corrected chi connectivity index (χ3v) is 3.29. The van der Waals surface area contributed by atoms with Crippen LogP contribution in [0.4, 0.5) is 5.69 Å². The number of carbonyl (C=O) groups is 1. The maximum atomic E-state index is 11.4. The molecule has 2 aromatic carbocycles. The Morgan fingerprint density at radius 3 is 2.78 bits per heavy atom. The summed E-state index contributed by atoms with van der Waals surface area (Å²) >= 11 is 0. The van der Waals surface area contributed by atoms with Crippen molar-refractivity contribution in [2.45, 2.75) is 20.5 Å². The van der Waals surface area contributed by atoms with Crippen LogP contribution in [0.2, 0.25) is 0 Å². The van der Waals surface area contributed by atoms with Crippen molar-refractivity contribution in [1.29, 1.82) is 0 Å².